The van der Waals surface area contributed by atoms with Gasteiger partial charge in [-0.15, -0.1) is 0 Å². The van der Waals surface area contributed by atoms with Crippen LogP contribution in [0.4, 0.5) is 0 Å². The number of hydrogen-bond donors (Lipinski definition) is 0. The zero-order chi connectivity index (χ0) is 7.19. The van der Waals surface area contributed by atoms with Crippen molar-refractivity contribution in [3.05, 3.63) is 17.5 Å². The van der Waals surface area contributed by atoms with Crippen LogP contribution in [-0.2, 0) is 10.3 Å². The normalized spacial score (nSPS) is 30.6. The van der Waals surface area contributed by atoms with Gasteiger partial charge in [0.15, 0.2) is 0 Å². The predicted molar refractivity (Wildman–Crippen MR) is 34.5 cm³/mol. The minimum atomic E-state index is -0.141. The summed E-state index contributed by atoms with van der Waals surface area (Å²) in [5, 5.41) is 3.85. The fourth-order valence-electron chi connectivity index (χ4n) is 0.872. The third-order valence-electron chi connectivity index (χ3n) is 1.75. The lowest BCUT2D eigenvalue weighted by atomic mass is 10.1. The van der Waals surface area contributed by atoms with Crippen molar-refractivity contribution >= 4 is 0 Å². The van der Waals surface area contributed by atoms with Crippen LogP contribution >= 0.6 is 0 Å². The molecule has 1 saturated heterocycles. The Morgan fingerprint density at radius 2 is 2.40 bits per heavy atom. The number of aryl methyl sites for hydroxylation is 1. The van der Waals surface area contributed by atoms with E-state index in [-0.39, 0.29) is 5.60 Å². The predicted octanol–water partition coefficient (Wildman–Crippen LogP) is 1.23. The molecule has 1 atom stereocenters. The Morgan fingerprint density at radius 3 is 2.80 bits per heavy atom. The van der Waals surface area contributed by atoms with Gasteiger partial charge in [0.05, 0.1) is 6.61 Å². The van der Waals surface area contributed by atoms with Crippen LogP contribution in [0.25, 0.3) is 0 Å². The summed E-state index contributed by atoms with van der Waals surface area (Å²) in [4.78, 5) is 0. The highest BCUT2D eigenvalue weighted by molar-refractivity contribution is 5.16. The molecular weight excluding hydrogens is 130 g/mol. The summed E-state index contributed by atoms with van der Waals surface area (Å²) in [6, 6.07) is 1.91. The summed E-state index contributed by atoms with van der Waals surface area (Å²) in [7, 11) is 0. The SMILES string of the molecule is Cc1cc(C2(C)CO2)no1. The fraction of sp³-hybridized carbons (Fsp3) is 0.571. The van der Waals surface area contributed by atoms with E-state index in [1.165, 1.54) is 0 Å². The van der Waals surface area contributed by atoms with E-state index < -0.39 is 0 Å². The smallest absolute Gasteiger partial charge is 0.134 e. The fourth-order valence-corrected chi connectivity index (χ4v) is 0.872. The number of rotatable bonds is 1. The van der Waals surface area contributed by atoms with Gasteiger partial charge in [0.2, 0.25) is 0 Å². The number of hydrogen-bond acceptors (Lipinski definition) is 3. The Balaban J connectivity index is 2.34. The molecule has 0 amide bonds. The second kappa shape index (κ2) is 1.61. The maximum absolute atomic E-state index is 5.17. The molecule has 0 N–H and O–H groups in total. The monoisotopic (exact) mass is 139 g/mol. The molecular formula is C7H9NO2. The van der Waals surface area contributed by atoms with Crippen LogP contribution in [0.15, 0.2) is 10.6 Å². The summed E-state index contributed by atoms with van der Waals surface area (Å²) in [5.41, 5.74) is 0.766. The molecule has 0 aliphatic carbocycles. The van der Waals surface area contributed by atoms with Crippen LogP contribution in [0.1, 0.15) is 18.4 Å². The van der Waals surface area contributed by atoms with Crippen molar-refractivity contribution in [3.63, 3.8) is 0 Å². The molecule has 1 aromatic rings. The van der Waals surface area contributed by atoms with Crippen molar-refractivity contribution in [2.75, 3.05) is 6.61 Å². The van der Waals surface area contributed by atoms with Gasteiger partial charge in [-0.1, -0.05) is 5.16 Å². The topological polar surface area (TPSA) is 38.6 Å². The third-order valence-corrected chi connectivity index (χ3v) is 1.75. The molecule has 1 unspecified atom stereocenters. The summed E-state index contributed by atoms with van der Waals surface area (Å²) in [6.45, 7) is 4.64. The minimum Gasteiger partial charge on any atom is -0.363 e. The van der Waals surface area contributed by atoms with Crippen LogP contribution in [0.3, 0.4) is 0 Å². The molecule has 2 heterocycles. The number of epoxide rings is 1. The number of nitrogens with zero attached hydrogens (tertiary/aromatic N) is 1. The molecule has 1 fully saturated rings. The molecule has 0 bridgehead atoms. The molecule has 3 nitrogen and oxygen atoms in total. The largest absolute Gasteiger partial charge is 0.363 e. The summed E-state index contributed by atoms with van der Waals surface area (Å²) < 4.78 is 10.1. The van der Waals surface area contributed by atoms with Crippen molar-refractivity contribution in [2.45, 2.75) is 19.4 Å². The van der Waals surface area contributed by atoms with E-state index in [1.807, 2.05) is 19.9 Å². The van der Waals surface area contributed by atoms with E-state index in [1.54, 1.807) is 0 Å². The van der Waals surface area contributed by atoms with E-state index in [0.29, 0.717) is 0 Å². The van der Waals surface area contributed by atoms with Gasteiger partial charge in [-0.3, -0.25) is 0 Å². The van der Waals surface area contributed by atoms with Gasteiger partial charge in [0.1, 0.15) is 17.1 Å². The Bertz CT molecular complexity index is 250. The lowest BCUT2D eigenvalue weighted by Crippen LogP contribution is -2.01. The molecule has 1 aliphatic rings. The highest BCUT2D eigenvalue weighted by Gasteiger charge is 2.43. The Labute approximate surface area is 59.0 Å². The lowest BCUT2D eigenvalue weighted by Gasteiger charge is -1.93. The van der Waals surface area contributed by atoms with Crippen LogP contribution in [-0.4, -0.2) is 11.8 Å². The zero-order valence-corrected chi connectivity index (χ0v) is 6.05. The van der Waals surface area contributed by atoms with E-state index >= 15 is 0 Å². The first kappa shape index (κ1) is 5.92. The second-order valence-electron chi connectivity index (χ2n) is 2.84. The molecule has 3 heteroatoms. The summed E-state index contributed by atoms with van der Waals surface area (Å²) >= 11 is 0. The Hall–Kier alpha value is -0.830. The van der Waals surface area contributed by atoms with Gasteiger partial charge in [-0.05, 0) is 13.8 Å². The maximum atomic E-state index is 5.17. The van der Waals surface area contributed by atoms with E-state index in [0.717, 1.165) is 18.1 Å². The molecule has 0 aromatic carbocycles. The third kappa shape index (κ3) is 0.743. The Kier molecular flexibility index (Phi) is 0.951. The van der Waals surface area contributed by atoms with Gasteiger partial charge in [0.25, 0.3) is 0 Å². The summed E-state index contributed by atoms with van der Waals surface area (Å²) in [5.74, 6) is 0.840. The van der Waals surface area contributed by atoms with E-state index in [2.05, 4.69) is 5.16 Å². The van der Waals surface area contributed by atoms with Crippen LogP contribution in [0, 0.1) is 6.92 Å². The van der Waals surface area contributed by atoms with Crippen molar-refractivity contribution in [1.29, 1.82) is 0 Å². The quantitative estimate of drug-likeness (QED) is 0.549. The highest BCUT2D eigenvalue weighted by Crippen LogP contribution is 2.36. The van der Waals surface area contributed by atoms with Gasteiger partial charge in [0, 0.05) is 6.07 Å². The highest BCUT2D eigenvalue weighted by atomic mass is 16.6. The molecule has 1 aromatic heterocycles. The molecule has 10 heavy (non-hydrogen) atoms. The van der Waals surface area contributed by atoms with E-state index in [4.69, 9.17) is 9.26 Å². The van der Waals surface area contributed by atoms with Crippen LogP contribution in [0.2, 0.25) is 0 Å². The molecule has 0 radical (unpaired) electrons. The van der Waals surface area contributed by atoms with Gasteiger partial charge < -0.3 is 9.26 Å². The van der Waals surface area contributed by atoms with Crippen molar-refractivity contribution in [2.24, 2.45) is 0 Å². The molecule has 54 valence electrons. The molecule has 1 aliphatic heterocycles. The second-order valence-corrected chi connectivity index (χ2v) is 2.84. The first-order valence-corrected chi connectivity index (χ1v) is 3.28. The van der Waals surface area contributed by atoms with Crippen LogP contribution in [0.5, 0.6) is 0 Å². The standard InChI is InChI=1S/C7H9NO2/c1-5-3-6(8-10-5)7(2)4-9-7/h3H,4H2,1-2H3. The molecule has 2 rings (SSSR count). The average Bonchev–Trinajstić information content (AvgIpc) is 2.45. The number of aromatic nitrogens is 1. The number of ether oxygens (including phenoxy) is 1. The van der Waals surface area contributed by atoms with Gasteiger partial charge >= 0.3 is 0 Å². The van der Waals surface area contributed by atoms with E-state index in [9.17, 15) is 0 Å². The molecule has 0 saturated carbocycles. The van der Waals surface area contributed by atoms with Crippen molar-refractivity contribution < 1.29 is 9.26 Å². The Morgan fingerprint density at radius 1 is 1.70 bits per heavy atom. The van der Waals surface area contributed by atoms with Crippen molar-refractivity contribution in [1.82, 2.24) is 5.16 Å². The van der Waals surface area contributed by atoms with Gasteiger partial charge in [-0.2, -0.15) is 0 Å². The lowest BCUT2D eigenvalue weighted by molar-refractivity contribution is 0.305. The first-order valence-electron chi connectivity index (χ1n) is 3.28. The van der Waals surface area contributed by atoms with Crippen LogP contribution < -0.4 is 0 Å². The average molecular weight is 139 g/mol. The minimum absolute atomic E-state index is 0.141. The summed E-state index contributed by atoms with van der Waals surface area (Å²) in [6.07, 6.45) is 0. The first-order chi connectivity index (χ1) is 4.71. The zero-order valence-electron chi connectivity index (χ0n) is 6.05. The maximum Gasteiger partial charge on any atom is 0.134 e. The van der Waals surface area contributed by atoms with Gasteiger partial charge in [-0.25, -0.2) is 0 Å². The molecule has 0 spiro atoms. The van der Waals surface area contributed by atoms with Crippen molar-refractivity contribution in [3.8, 4) is 0 Å².